The highest BCUT2D eigenvalue weighted by Gasteiger charge is 2.54. The number of nitrogens with zero attached hydrogens (tertiary/aromatic N) is 2. The standard InChI is InChI=1S/C21H22ClN3O2/c22-16-6-15(9-24-10-16)12-1-2-13-5-14-7-17(26)3-4-18(14)21(19(13)8-12)11-27-20(23)25-21/h6,8-10,14,18H,1-5,7,11H2,(H2,23,25)/t14-,18-,21?/m1/s1. The summed E-state index contributed by atoms with van der Waals surface area (Å²) in [6.45, 7) is 0.477. The van der Waals surface area contributed by atoms with Gasteiger partial charge in [-0.15, -0.1) is 0 Å². The van der Waals surface area contributed by atoms with Crippen LogP contribution in [0.5, 0.6) is 0 Å². The van der Waals surface area contributed by atoms with Crippen LogP contribution in [-0.4, -0.2) is 28.9 Å². The number of aromatic nitrogens is 1. The number of allylic oxidation sites excluding steroid dienone is 2. The first kappa shape index (κ1) is 17.0. The van der Waals surface area contributed by atoms with E-state index in [1.807, 2.05) is 12.3 Å². The van der Waals surface area contributed by atoms with E-state index < -0.39 is 5.54 Å². The second-order valence-electron chi connectivity index (χ2n) is 8.09. The molecular weight excluding hydrogens is 362 g/mol. The Morgan fingerprint density at radius 2 is 2.11 bits per heavy atom. The maximum absolute atomic E-state index is 12.1. The van der Waals surface area contributed by atoms with Crippen molar-refractivity contribution in [1.82, 2.24) is 4.98 Å². The molecule has 1 aliphatic heterocycles. The number of ketones is 1. The van der Waals surface area contributed by atoms with Crippen LogP contribution in [0.3, 0.4) is 0 Å². The van der Waals surface area contributed by atoms with Crippen LogP contribution in [-0.2, 0) is 9.53 Å². The molecular formula is C21H22ClN3O2. The molecule has 1 fully saturated rings. The molecule has 0 bridgehead atoms. The zero-order valence-electron chi connectivity index (χ0n) is 15.1. The first-order valence-electron chi connectivity index (χ1n) is 9.59. The highest BCUT2D eigenvalue weighted by atomic mass is 35.5. The molecule has 1 unspecified atom stereocenters. The fourth-order valence-corrected chi connectivity index (χ4v) is 5.62. The summed E-state index contributed by atoms with van der Waals surface area (Å²) >= 11 is 6.15. The Hall–Kier alpha value is -2.14. The normalized spacial score (nSPS) is 32.6. The van der Waals surface area contributed by atoms with Gasteiger partial charge in [-0.25, -0.2) is 4.99 Å². The summed E-state index contributed by atoms with van der Waals surface area (Å²) in [5.41, 5.74) is 10.5. The van der Waals surface area contributed by atoms with Crippen LogP contribution in [0.4, 0.5) is 0 Å². The lowest BCUT2D eigenvalue weighted by atomic mass is 9.58. The largest absolute Gasteiger partial charge is 0.462 e. The molecule has 3 atom stereocenters. The van der Waals surface area contributed by atoms with Gasteiger partial charge in [-0.05, 0) is 60.3 Å². The van der Waals surface area contributed by atoms with E-state index in [-0.39, 0.29) is 6.02 Å². The van der Waals surface area contributed by atoms with Gasteiger partial charge in [-0.1, -0.05) is 23.3 Å². The minimum absolute atomic E-state index is 0.268. The van der Waals surface area contributed by atoms with Gasteiger partial charge in [0.2, 0.25) is 0 Å². The smallest absolute Gasteiger partial charge is 0.283 e. The average Bonchev–Trinajstić information content (AvgIpc) is 3.04. The Labute approximate surface area is 163 Å². The number of hydrogen-bond donors (Lipinski definition) is 1. The minimum atomic E-state index is -0.444. The number of halogens is 1. The number of carbonyl (C=O) groups excluding carboxylic acids is 1. The maximum atomic E-state index is 12.1. The van der Waals surface area contributed by atoms with Gasteiger partial charge in [0.15, 0.2) is 0 Å². The molecule has 0 saturated heterocycles. The van der Waals surface area contributed by atoms with Gasteiger partial charge < -0.3 is 10.5 Å². The molecule has 5 rings (SSSR count). The van der Waals surface area contributed by atoms with E-state index in [1.54, 1.807) is 6.20 Å². The second kappa shape index (κ2) is 6.20. The third-order valence-corrected chi connectivity index (χ3v) is 6.81. The molecule has 4 aliphatic rings. The Bertz CT molecular complexity index is 920. The fraction of sp³-hybridized carbons (Fsp3) is 0.476. The number of rotatable bonds is 1. The Kier molecular flexibility index (Phi) is 3.90. The molecule has 1 saturated carbocycles. The molecule has 140 valence electrons. The van der Waals surface area contributed by atoms with Crippen LogP contribution < -0.4 is 5.73 Å². The molecule has 27 heavy (non-hydrogen) atoms. The number of pyridine rings is 1. The third kappa shape index (κ3) is 2.71. The van der Waals surface area contributed by atoms with Crippen LogP contribution in [0.25, 0.3) is 5.57 Å². The van der Waals surface area contributed by atoms with Gasteiger partial charge in [-0.3, -0.25) is 9.78 Å². The zero-order chi connectivity index (χ0) is 18.6. The number of ether oxygens (including phenoxy) is 1. The summed E-state index contributed by atoms with van der Waals surface area (Å²) < 4.78 is 5.68. The first-order chi connectivity index (χ1) is 13.0. The summed E-state index contributed by atoms with van der Waals surface area (Å²) in [5, 5.41) is 0.642. The monoisotopic (exact) mass is 383 g/mol. The number of aliphatic imine (C=N–C) groups is 1. The summed E-state index contributed by atoms with van der Waals surface area (Å²) in [4.78, 5) is 21.2. The van der Waals surface area contributed by atoms with E-state index in [4.69, 9.17) is 27.1 Å². The third-order valence-electron chi connectivity index (χ3n) is 6.60. The van der Waals surface area contributed by atoms with E-state index in [2.05, 4.69) is 11.1 Å². The highest BCUT2D eigenvalue weighted by molar-refractivity contribution is 6.30. The van der Waals surface area contributed by atoms with E-state index in [1.165, 1.54) is 16.7 Å². The molecule has 1 aromatic rings. The van der Waals surface area contributed by atoms with Gasteiger partial charge in [0.05, 0.1) is 5.02 Å². The van der Waals surface area contributed by atoms with Crippen LogP contribution in [0.2, 0.25) is 5.02 Å². The van der Waals surface area contributed by atoms with Crippen molar-refractivity contribution in [3.63, 3.8) is 0 Å². The fourth-order valence-electron chi connectivity index (χ4n) is 5.45. The molecule has 5 nitrogen and oxygen atoms in total. The van der Waals surface area contributed by atoms with Crippen LogP contribution in [0.15, 0.2) is 40.7 Å². The summed E-state index contributed by atoms with van der Waals surface area (Å²) in [6.07, 6.45) is 10.9. The Morgan fingerprint density at radius 3 is 2.89 bits per heavy atom. The molecule has 0 aromatic carbocycles. The number of nitrogens with two attached hydrogens (primary N) is 1. The van der Waals surface area contributed by atoms with Gasteiger partial charge in [-0.2, -0.15) is 0 Å². The molecule has 2 N–H and O–H groups in total. The second-order valence-corrected chi connectivity index (χ2v) is 8.53. The summed E-state index contributed by atoms with van der Waals surface area (Å²) in [6, 6.07) is 2.23. The number of carbonyl (C=O) groups is 1. The lowest BCUT2D eigenvalue weighted by Crippen LogP contribution is -2.49. The maximum Gasteiger partial charge on any atom is 0.283 e. The zero-order valence-corrected chi connectivity index (χ0v) is 15.8. The van der Waals surface area contributed by atoms with E-state index in [9.17, 15) is 4.79 Å². The molecule has 0 amide bonds. The average molecular weight is 384 g/mol. The van der Waals surface area contributed by atoms with E-state index >= 15 is 0 Å². The lowest BCUT2D eigenvalue weighted by molar-refractivity contribution is -0.123. The van der Waals surface area contributed by atoms with Crippen molar-refractivity contribution in [3.8, 4) is 0 Å². The predicted octanol–water partition coefficient (Wildman–Crippen LogP) is 3.68. The summed E-state index contributed by atoms with van der Waals surface area (Å²) in [5.74, 6) is 1.04. The van der Waals surface area contributed by atoms with E-state index in [0.717, 1.165) is 31.2 Å². The molecule has 2 heterocycles. The number of amidine groups is 1. The number of fused-ring (bicyclic) bond motifs is 3. The molecule has 1 aromatic heterocycles. The predicted molar refractivity (Wildman–Crippen MR) is 104 cm³/mol. The number of Topliss-reactive ketones (excluding diaryl/α,β-unsaturated/α-hetero) is 1. The Morgan fingerprint density at radius 1 is 1.22 bits per heavy atom. The molecule has 6 heteroatoms. The molecule has 1 spiro atoms. The molecule has 3 aliphatic carbocycles. The van der Waals surface area contributed by atoms with Gasteiger partial charge in [0.25, 0.3) is 6.02 Å². The number of hydrogen-bond acceptors (Lipinski definition) is 5. The van der Waals surface area contributed by atoms with Crippen molar-refractivity contribution in [3.05, 3.63) is 46.3 Å². The van der Waals surface area contributed by atoms with Crippen LogP contribution >= 0.6 is 11.6 Å². The summed E-state index contributed by atoms with van der Waals surface area (Å²) in [7, 11) is 0. The van der Waals surface area contributed by atoms with Crippen molar-refractivity contribution in [1.29, 1.82) is 0 Å². The molecule has 0 radical (unpaired) electrons. The van der Waals surface area contributed by atoms with Gasteiger partial charge >= 0.3 is 0 Å². The van der Waals surface area contributed by atoms with E-state index in [0.29, 0.717) is 42.1 Å². The van der Waals surface area contributed by atoms with Crippen LogP contribution in [0, 0.1) is 11.8 Å². The highest BCUT2D eigenvalue weighted by Crippen LogP contribution is 2.54. The minimum Gasteiger partial charge on any atom is -0.462 e. The van der Waals surface area contributed by atoms with Crippen molar-refractivity contribution < 1.29 is 9.53 Å². The van der Waals surface area contributed by atoms with Crippen molar-refractivity contribution in [2.45, 2.75) is 44.1 Å². The SMILES string of the molecule is NC1=NC2(CO1)C1=C(CCC(c3cncc(Cl)c3)=C1)C[C@@H]1CC(=O)CC[C@H]12. The Balaban J connectivity index is 1.62. The quantitative estimate of drug-likeness (QED) is 0.802. The van der Waals surface area contributed by atoms with Gasteiger partial charge in [0, 0.05) is 25.2 Å². The topological polar surface area (TPSA) is 77.6 Å². The van der Waals surface area contributed by atoms with Crippen molar-refractivity contribution >= 4 is 29.0 Å². The van der Waals surface area contributed by atoms with Crippen molar-refractivity contribution in [2.24, 2.45) is 22.6 Å². The first-order valence-corrected chi connectivity index (χ1v) is 9.97. The van der Waals surface area contributed by atoms with Crippen molar-refractivity contribution in [2.75, 3.05) is 6.61 Å². The van der Waals surface area contributed by atoms with Gasteiger partial charge in [0.1, 0.15) is 17.9 Å². The van der Waals surface area contributed by atoms with Crippen LogP contribution in [0.1, 0.15) is 44.1 Å². The lowest BCUT2D eigenvalue weighted by Gasteiger charge is -2.48.